The maximum Gasteiger partial charge on any atom is 0.433 e. The van der Waals surface area contributed by atoms with Crippen molar-refractivity contribution >= 4 is 17.6 Å². The van der Waals surface area contributed by atoms with E-state index in [0.29, 0.717) is 26.1 Å². The van der Waals surface area contributed by atoms with Gasteiger partial charge in [0, 0.05) is 38.5 Å². The molecule has 2 N–H and O–H groups in total. The number of halogens is 3. The van der Waals surface area contributed by atoms with Gasteiger partial charge in [0.15, 0.2) is 0 Å². The topological polar surface area (TPSA) is 102 Å². The number of methoxy groups -OCH3 is 2. The predicted octanol–water partition coefficient (Wildman–Crippen LogP) is 3.87. The van der Waals surface area contributed by atoms with E-state index in [9.17, 15) is 18.0 Å². The van der Waals surface area contributed by atoms with Gasteiger partial charge in [-0.05, 0) is 63.6 Å². The largest absolute Gasteiger partial charge is 0.467 e. The number of esters is 1. The van der Waals surface area contributed by atoms with E-state index >= 15 is 0 Å². The fourth-order valence-electron chi connectivity index (χ4n) is 4.37. The normalized spacial score (nSPS) is 14.1. The number of fused-ring (bicyclic) bond motifs is 1. The van der Waals surface area contributed by atoms with Gasteiger partial charge in [0.25, 0.3) is 0 Å². The number of anilines is 2. The summed E-state index contributed by atoms with van der Waals surface area (Å²) in [6.07, 6.45) is 0.636. The Morgan fingerprint density at radius 1 is 1.16 bits per heavy atom. The molecular formula is C26H37F3N6O3. The number of aromatic nitrogens is 3. The number of carbonyl (C=O) groups excluding carboxylic acids is 1. The van der Waals surface area contributed by atoms with Crippen molar-refractivity contribution in [1.29, 1.82) is 0 Å². The molecule has 0 saturated heterocycles. The van der Waals surface area contributed by atoms with Crippen LogP contribution < -0.4 is 10.6 Å². The number of rotatable bonds is 14. The first-order valence-electron chi connectivity index (χ1n) is 12.9. The Labute approximate surface area is 221 Å². The lowest BCUT2D eigenvalue weighted by Crippen LogP contribution is -2.37. The Kier molecular flexibility index (Phi) is 11.1. The minimum atomic E-state index is -4.62. The van der Waals surface area contributed by atoms with E-state index in [0.717, 1.165) is 62.8 Å². The fraction of sp³-hybridized carbons (Fsp3) is 0.615. The van der Waals surface area contributed by atoms with Gasteiger partial charge >= 0.3 is 12.1 Å². The molecule has 9 nitrogen and oxygen atoms in total. The van der Waals surface area contributed by atoms with Gasteiger partial charge in [0.1, 0.15) is 29.2 Å². The maximum atomic E-state index is 13.2. The molecule has 0 fully saturated rings. The Morgan fingerprint density at radius 3 is 2.71 bits per heavy atom. The van der Waals surface area contributed by atoms with Gasteiger partial charge in [-0.2, -0.15) is 13.2 Å². The number of unbranched alkanes of at least 4 members (excludes halogenated alkanes) is 1. The van der Waals surface area contributed by atoms with Crippen molar-refractivity contribution in [3.63, 3.8) is 0 Å². The molecule has 3 rings (SSSR count). The van der Waals surface area contributed by atoms with Crippen molar-refractivity contribution in [2.24, 2.45) is 0 Å². The number of hydrogen-bond donors (Lipinski definition) is 2. The quantitative estimate of drug-likeness (QED) is 0.274. The van der Waals surface area contributed by atoms with Crippen molar-refractivity contribution in [2.45, 2.75) is 57.7 Å². The van der Waals surface area contributed by atoms with Crippen LogP contribution in [0.3, 0.4) is 0 Å². The third kappa shape index (κ3) is 9.09. The first kappa shape index (κ1) is 29.6. The van der Waals surface area contributed by atoms with E-state index < -0.39 is 23.9 Å². The lowest BCUT2D eigenvalue weighted by molar-refractivity contribution is -0.142. The lowest BCUT2D eigenvalue weighted by Gasteiger charge is -2.25. The molecular weight excluding hydrogens is 501 g/mol. The smallest absolute Gasteiger partial charge is 0.433 e. The molecule has 0 amide bonds. The molecule has 0 saturated carbocycles. The second-order valence-electron chi connectivity index (χ2n) is 9.32. The molecule has 3 heterocycles. The van der Waals surface area contributed by atoms with Crippen molar-refractivity contribution in [1.82, 2.24) is 19.9 Å². The number of ether oxygens (including phenoxy) is 2. The minimum absolute atomic E-state index is 0.0446. The monoisotopic (exact) mass is 538 g/mol. The Hall–Kier alpha value is -2.99. The van der Waals surface area contributed by atoms with Gasteiger partial charge in [-0.1, -0.05) is 6.07 Å². The van der Waals surface area contributed by atoms with Gasteiger partial charge in [-0.25, -0.2) is 19.7 Å². The average molecular weight is 539 g/mol. The van der Waals surface area contributed by atoms with Crippen molar-refractivity contribution < 1.29 is 27.4 Å². The Balaban J connectivity index is 1.55. The van der Waals surface area contributed by atoms with Crippen LogP contribution in [0.1, 0.15) is 48.5 Å². The van der Waals surface area contributed by atoms with E-state index in [1.807, 2.05) is 0 Å². The van der Waals surface area contributed by atoms with E-state index in [1.165, 1.54) is 19.6 Å². The van der Waals surface area contributed by atoms with E-state index in [-0.39, 0.29) is 11.6 Å². The molecule has 1 atom stereocenters. The predicted molar refractivity (Wildman–Crippen MR) is 138 cm³/mol. The molecule has 0 aromatic carbocycles. The molecule has 0 radical (unpaired) electrons. The number of aryl methyl sites for hydroxylation is 3. The standard InChI is InChI=1S/C26H37F3N6O3/c1-18-31-22(26(27,28)29)17-23(32-18)34-21(25(36)38-3)11-14-35(15-16-37-2)13-5-4-8-20-10-9-19-7-6-12-30-24(19)33-20/h9-10,17,21H,4-8,11-16H2,1-3H3,(H,30,33)(H,31,32,34). The van der Waals surface area contributed by atoms with Crippen LogP contribution >= 0.6 is 0 Å². The number of carbonyl (C=O) groups is 1. The van der Waals surface area contributed by atoms with Gasteiger partial charge in [-0.3, -0.25) is 0 Å². The van der Waals surface area contributed by atoms with Gasteiger partial charge in [0.05, 0.1) is 13.7 Å². The lowest BCUT2D eigenvalue weighted by atomic mass is 10.1. The summed E-state index contributed by atoms with van der Waals surface area (Å²) in [5.41, 5.74) is 1.27. The molecule has 1 aliphatic rings. The third-order valence-electron chi connectivity index (χ3n) is 6.39. The number of nitrogens with one attached hydrogen (secondary N) is 2. The number of nitrogens with zero attached hydrogens (tertiary/aromatic N) is 4. The number of alkyl halides is 3. The van der Waals surface area contributed by atoms with E-state index in [1.54, 1.807) is 7.11 Å². The summed E-state index contributed by atoms with van der Waals surface area (Å²) >= 11 is 0. The molecule has 12 heteroatoms. The second kappa shape index (κ2) is 14.2. The summed E-state index contributed by atoms with van der Waals surface area (Å²) in [4.78, 5) is 26.8. The van der Waals surface area contributed by atoms with Crippen LogP contribution in [-0.4, -0.2) is 78.9 Å². The average Bonchev–Trinajstić information content (AvgIpc) is 2.89. The molecule has 210 valence electrons. The van der Waals surface area contributed by atoms with Crippen LogP contribution in [0.5, 0.6) is 0 Å². The highest BCUT2D eigenvalue weighted by molar-refractivity contribution is 5.78. The highest BCUT2D eigenvalue weighted by Crippen LogP contribution is 2.29. The first-order valence-corrected chi connectivity index (χ1v) is 12.9. The summed E-state index contributed by atoms with van der Waals surface area (Å²) in [6, 6.07) is 4.19. The number of pyridine rings is 1. The zero-order valence-electron chi connectivity index (χ0n) is 22.2. The highest BCUT2D eigenvalue weighted by Gasteiger charge is 2.34. The SMILES string of the molecule is COCCN(CCCCc1ccc2c(n1)NCCC2)CCC(Nc1cc(C(F)(F)F)nc(C)n1)C(=O)OC. The summed E-state index contributed by atoms with van der Waals surface area (Å²) < 4.78 is 49.7. The van der Waals surface area contributed by atoms with Crippen molar-refractivity contribution in [2.75, 3.05) is 57.6 Å². The van der Waals surface area contributed by atoms with Crippen LogP contribution in [0.4, 0.5) is 24.8 Å². The molecule has 38 heavy (non-hydrogen) atoms. The Morgan fingerprint density at radius 2 is 1.97 bits per heavy atom. The summed E-state index contributed by atoms with van der Waals surface area (Å²) in [6.45, 7) is 4.82. The molecule has 0 aliphatic carbocycles. The first-order chi connectivity index (χ1) is 18.2. The van der Waals surface area contributed by atoms with Gasteiger partial charge in [-0.15, -0.1) is 0 Å². The van der Waals surface area contributed by atoms with Crippen LogP contribution in [0.15, 0.2) is 18.2 Å². The molecule has 1 aliphatic heterocycles. The summed E-state index contributed by atoms with van der Waals surface area (Å²) in [7, 11) is 2.87. The second-order valence-corrected chi connectivity index (χ2v) is 9.32. The zero-order chi connectivity index (χ0) is 27.5. The Bertz CT molecular complexity index is 1050. The molecule has 0 spiro atoms. The van der Waals surface area contributed by atoms with Gasteiger partial charge in [0.2, 0.25) is 0 Å². The van der Waals surface area contributed by atoms with Crippen LogP contribution in [0.25, 0.3) is 0 Å². The van der Waals surface area contributed by atoms with Crippen molar-refractivity contribution in [3.05, 3.63) is 41.0 Å². The molecule has 2 aromatic heterocycles. The molecule has 0 bridgehead atoms. The van der Waals surface area contributed by atoms with Crippen molar-refractivity contribution in [3.8, 4) is 0 Å². The van der Waals surface area contributed by atoms with Crippen LogP contribution in [0.2, 0.25) is 0 Å². The minimum Gasteiger partial charge on any atom is -0.467 e. The summed E-state index contributed by atoms with van der Waals surface area (Å²) in [5.74, 6) is 0.305. The van der Waals surface area contributed by atoms with Crippen LogP contribution in [0, 0.1) is 6.92 Å². The maximum absolute atomic E-state index is 13.2. The van der Waals surface area contributed by atoms with E-state index in [2.05, 4.69) is 37.6 Å². The third-order valence-corrected chi connectivity index (χ3v) is 6.39. The zero-order valence-corrected chi connectivity index (χ0v) is 22.2. The molecule has 1 unspecified atom stereocenters. The highest BCUT2D eigenvalue weighted by atomic mass is 19.4. The number of hydrogen-bond acceptors (Lipinski definition) is 9. The fourth-order valence-corrected chi connectivity index (χ4v) is 4.37. The van der Waals surface area contributed by atoms with Crippen LogP contribution in [-0.2, 0) is 33.3 Å². The summed E-state index contributed by atoms with van der Waals surface area (Å²) in [5, 5.41) is 6.18. The van der Waals surface area contributed by atoms with E-state index in [4.69, 9.17) is 14.5 Å². The van der Waals surface area contributed by atoms with Gasteiger partial charge < -0.3 is 25.0 Å². The molecule has 2 aromatic rings.